The molecule has 1 aromatic heterocycles. The lowest BCUT2D eigenvalue weighted by Gasteiger charge is -2.32. The summed E-state index contributed by atoms with van der Waals surface area (Å²) in [6.07, 6.45) is 5.27. The van der Waals surface area contributed by atoms with E-state index in [4.69, 9.17) is 4.74 Å². The number of amides is 2. The summed E-state index contributed by atoms with van der Waals surface area (Å²) in [5.41, 5.74) is 0.978. The number of hydrogen-bond donors (Lipinski definition) is 1. The second-order valence-electron chi connectivity index (χ2n) is 4.91. The molecule has 0 saturated carbocycles. The van der Waals surface area contributed by atoms with Gasteiger partial charge in [-0.15, -0.1) is 6.58 Å². The van der Waals surface area contributed by atoms with Crippen LogP contribution in [0.3, 0.4) is 0 Å². The van der Waals surface area contributed by atoms with Crippen LogP contribution < -0.4 is 10.1 Å². The first-order valence-electron chi connectivity index (χ1n) is 6.92. The number of ether oxygens (including phenoxy) is 1. The van der Waals surface area contributed by atoms with Crippen molar-refractivity contribution in [1.82, 2.24) is 15.2 Å². The first-order valence-corrected chi connectivity index (χ1v) is 6.92. The van der Waals surface area contributed by atoms with Crippen LogP contribution in [0.2, 0.25) is 0 Å². The number of nitrogens with one attached hydrogen (secondary N) is 1. The molecule has 2 amide bonds. The average molecular weight is 275 g/mol. The molecular weight excluding hydrogens is 254 g/mol. The summed E-state index contributed by atoms with van der Waals surface area (Å²) in [7, 11) is 0. The Labute approximate surface area is 119 Å². The number of pyridine rings is 1. The van der Waals surface area contributed by atoms with E-state index in [1.54, 1.807) is 12.3 Å². The molecular formula is C15H21N3O2. The number of piperidine rings is 1. The molecule has 1 N–H and O–H groups in total. The smallest absolute Gasteiger partial charge is 0.317 e. The third-order valence-corrected chi connectivity index (χ3v) is 3.31. The summed E-state index contributed by atoms with van der Waals surface area (Å²) in [5, 5.41) is 2.79. The van der Waals surface area contributed by atoms with Gasteiger partial charge in [0.25, 0.3) is 0 Å². The molecule has 0 radical (unpaired) electrons. The normalized spacial score (nSPS) is 15.8. The van der Waals surface area contributed by atoms with Crippen molar-refractivity contribution in [3.05, 3.63) is 36.7 Å². The Morgan fingerprint density at radius 3 is 2.90 bits per heavy atom. The lowest BCUT2D eigenvalue weighted by Crippen LogP contribution is -2.46. The van der Waals surface area contributed by atoms with Crippen LogP contribution in [0, 0.1) is 6.92 Å². The minimum atomic E-state index is -0.0275. The molecule has 1 saturated heterocycles. The Morgan fingerprint density at radius 2 is 2.30 bits per heavy atom. The molecule has 5 heteroatoms. The van der Waals surface area contributed by atoms with E-state index >= 15 is 0 Å². The van der Waals surface area contributed by atoms with Crippen LogP contribution in [0.25, 0.3) is 0 Å². The predicted molar refractivity (Wildman–Crippen MR) is 77.8 cm³/mol. The number of carbonyl (C=O) groups excluding carboxylic acids is 1. The van der Waals surface area contributed by atoms with Gasteiger partial charge in [-0.3, -0.25) is 4.98 Å². The number of rotatable bonds is 4. The maximum absolute atomic E-state index is 11.8. The summed E-state index contributed by atoms with van der Waals surface area (Å²) >= 11 is 0. The van der Waals surface area contributed by atoms with Gasteiger partial charge in [-0.2, -0.15) is 0 Å². The number of nitrogens with zero attached hydrogens (tertiary/aromatic N) is 2. The summed E-state index contributed by atoms with van der Waals surface area (Å²) in [6, 6.07) is 3.85. The molecule has 5 nitrogen and oxygen atoms in total. The van der Waals surface area contributed by atoms with Crippen molar-refractivity contribution in [3.8, 4) is 5.75 Å². The maximum Gasteiger partial charge on any atom is 0.317 e. The number of hydrogen-bond acceptors (Lipinski definition) is 3. The van der Waals surface area contributed by atoms with Crippen molar-refractivity contribution >= 4 is 6.03 Å². The standard InChI is InChI=1S/C15H21N3O2/c1-3-8-16-15(19)18-9-6-13(7-10-18)20-14-5-4-12(2)17-11-14/h3-5,11,13H,1,6-10H2,2H3,(H,16,19). The monoisotopic (exact) mass is 275 g/mol. The Balaban J connectivity index is 1.78. The maximum atomic E-state index is 11.8. The number of aryl methyl sites for hydroxylation is 1. The second-order valence-corrected chi connectivity index (χ2v) is 4.91. The zero-order valence-corrected chi connectivity index (χ0v) is 11.8. The van der Waals surface area contributed by atoms with E-state index in [1.807, 2.05) is 24.0 Å². The van der Waals surface area contributed by atoms with Crippen LogP contribution in [0.4, 0.5) is 4.79 Å². The molecule has 2 heterocycles. The van der Waals surface area contributed by atoms with E-state index in [0.29, 0.717) is 19.6 Å². The van der Waals surface area contributed by atoms with Gasteiger partial charge in [-0.25, -0.2) is 4.79 Å². The molecule has 0 bridgehead atoms. The highest BCUT2D eigenvalue weighted by molar-refractivity contribution is 5.74. The third-order valence-electron chi connectivity index (χ3n) is 3.31. The highest BCUT2D eigenvalue weighted by Gasteiger charge is 2.23. The Morgan fingerprint density at radius 1 is 1.55 bits per heavy atom. The molecule has 1 aliphatic rings. The molecule has 2 rings (SSSR count). The summed E-state index contributed by atoms with van der Waals surface area (Å²) in [4.78, 5) is 17.8. The van der Waals surface area contributed by atoms with Gasteiger partial charge in [0, 0.05) is 38.2 Å². The predicted octanol–water partition coefficient (Wildman–Crippen LogP) is 2.13. The Hall–Kier alpha value is -2.04. The molecule has 108 valence electrons. The van der Waals surface area contributed by atoms with Gasteiger partial charge in [-0.05, 0) is 19.1 Å². The van der Waals surface area contributed by atoms with E-state index in [0.717, 1.165) is 24.3 Å². The van der Waals surface area contributed by atoms with Crippen molar-refractivity contribution < 1.29 is 9.53 Å². The third kappa shape index (κ3) is 3.98. The highest BCUT2D eigenvalue weighted by atomic mass is 16.5. The van der Waals surface area contributed by atoms with Gasteiger partial charge in [0.2, 0.25) is 0 Å². The minimum absolute atomic E-state index is 0.0275. The van der Waals surface area contributed by atoms with Gasteiger partial charge in [0.1, 0.15) is 11.9 Å². The lowest BCUT2D eigenvalue weighted by atomic mass is 10.1. The molecule has 0 spiro atoms. The molecule has 20 heavy (non-hydrogen) atoms. The number of urea groups is 1. The van der Waals surface area contributed by atoms with E-state index in [-0.39, 0.29) is 12.1 Å². The number of carbonyl (C=O) groups is 1. The van der Waals surface area contributed by atoms with Crippen LogP contribution in [0.1, 0.15) is 18.5 Å². The molecule has 1 aromatic rings. The lowest BCUT2D eigenvalue weighted by molar-refractivity contribution is 0.111. The Bertz CT molecular complexity index is 451. The average Bonchev–Trinajstić information content (AvgIpc) is 2.48. The minimum Gasteiger partial charge on any atom is -0.489 e. The van der Waals surface area contributed by atoms with E-state index < -0.39 is 0 Å². The topological polar surface area (TPSA) is 54.5 Å². The zero-order valence-electron chi connectivity index (χ0n) is 11.8. The quantitative estimate of drug-likeness (QED) is 0.856. The van der Waals surface area contributed by atoms with Crippen LogP contribution in [-0.2, 0) is 0 Å². The van der Waals surface area contributed by atoms with Crippen molar-refractivity contribution in [2.45, 2.75) is 25.9 Å². The Kier molecular flexibility index (Phi) is 4.98. The van der Waals surface area contributed by atoms with Crippen molar-refractivity contribution in [1.29, 1.82) is 0 Å². The molecule has 1 aliphatic heterocycles. The number of aromatic nitrogens is 1. The summed E-state index contributed by atoms with van der Waals surface area (Å²) < 4.78 is 5.88. The van der Waals surface area contributed by atoms with Crippen LogP contribution in [0.15, 0.2) is 31.0 Å². The van der Waals surface area contributed by atoms with Gasteiger partial charge in [0.15, 0.2) is 0 Å². The first-order chi connectivity index (χ1) is 9.69. The fraction of sp³-hybridized carbons (Fsp3) is 0.467. The van der Waals surface area contributed by atoms with Crippen molar-refractivity contribution in [2.75, 3.05) is 19.6 Å². The van der Waals surface area contributed by atoms with E-state index in [9.17, 15) is 4.79 Å². The molecule has 1 fully saturated rings. The van der Waals surface area contributed by atoms with Gasteiger partial charge < -0.3 is 15.0 Å². The second kappa shape index (κ2) is 6.93. The van der Waals surface area contributed by atoms with Gasteiger partial charge >= 0.3 is 6.03 Å². The first kappa shape index (κ1) is 14.4. The van der Waals surface area contributed by atoms with Crippen molar-refractivity contribution in [3.63, 3.8) is 0 Å². The molecule has 0 atom stereocenters. The zero-order chi connectivity index (χ0) is 14.4. The molecule has 0 unspecified atom stereocenters. The number of likely N-dealkylation sites (tertiary alicyclic amines) is 1. The molecule has 0 aromatic carbocycles. The van der Waals surface area contributed by atoms with E-state index in [2.05, 4.69) is 16.9 Å². The highest BCUT2D eigenvalue weighted by Crippen LogP contribution is 2.18. The van der Waals surface area contributed by atoms with Crippen molar-refractivity contribution in [2.24, 2.45) is 0 Å². The molecule has 0 aliphatic carbocycles. The SMILES string of the molecule is C=CCNC(=O)N1CCC(Oc2ccc(C)nc2)CC1. The summed E-state index contributed by atoms with van der Waals surface area (Å²) in [5.74, 6) is 0.796. The van der Waals surface area contributed by atoms with E-state index in [1.165, 1.54) is 0 Å². The summed E-state index contributed by atoms with van der Waals surface area (Å²) in [6.45, 7) is 7.47. The van der Waals surface area contributed by atoms with Crippen LogP contribution in [0.5, 0.6) is 5.75 Å². The fourth-order valence-corrected chi connectivity index (χ4v) is 2.16. The largest absolute Gasteiger partial charge is 0.489 e. The van der Waals surface area contributed by atoms with Gasteiger partial charge in [-0.1, -0.05) is 6.08 Å². The van der Waals surface area contributed by atoms with Crippen LogP contribution in [-0.4, -0.2) is 41.7 Å². The van der Waals surface area contributed by atoms with Gasteiger partial charge in [0.05, 0.1) is 6.20 Å². The van der Waals surface area contributed by atoms with Crippen LogP contribution >= 0.6 is 0 Å². The fourth-order valence-electron chi connectivity index (χ4n) is 2.16.